The van der Waals surface area contributed by atoms with Crippen LogP contribution in [0.5, 0.6) is 0 Å². The Bertz CT molecular complexity index is 348. The van der Waals surface area contributed by atoms with Crippen LogP contribution in [-0.4, -0.2) is 17.2 Å². The molecule has 0 aromatic carbocycles. The van der Waals surface area contributed by atoms with Gasteiger partial charge in [-0.15, -0.1) is 0 Å². The fraction of sp³-hybridized carbons (Fsp3) is 0.667. The quantitative estimate of drug-likeness (QED) is 0.711. The number of hydrogen-bond acceptors (Lipinski definition) is 3. The average Bonchev–Trinajstić information content (AvgIpc) is 2.82. The first-order valence-electron chi connectivity index (χ1n) is 5.44. The van der Waals surface area contributed by atoms with E-state index in [-0.39, 0.29) is 17.2 Å². The van der Waals surface area contributed by atoms with Gasteiger partial charge in [-0.2, -0.15) is 0 Å². The van der Waals surface area contributed by atoms with E-state index in [1.807, 2.05) is 6.92 Å². The van der Waals surface area contributed by atoms with Crippen molar-refractivity contribution in [1.29, 1.82) is 0 Å². The van der Waals surface area contributed by atoms with Gasteiger partial charge in [0.1, 0.15) is 17.1 Å². The molecule has 0 unspecified atom stereocenters. The fourth-order valence-corrected chi connectivity index (χ4v) is 2.05. The first-order chi connectivity index (χ1) is 7.02. The van der Waals surface area contributed by atoms with E-state index < -0.39 is 0 Å². The molecule has 2 rings (SSSR count). The highest BCUT2D eigenvalue weighted by Gasteiger charge is 2.47. The Balaban J connectivity index is 2.03. The molecule has 0 spiro atoms. The van der Waals surface area contributed by atoms with Gasteiger partial charge in [0.15, 0.2) is 5.78 Å². The van der Waals surface area contributed by atoms with Crippen molar-refractivity contribution in [3.8, 4) is 0 Å². The largest absolute Gasteiger partial charge is 0.491 e. The van der Waals surface area contributed by atoms with Crippen LogP contribution < -0.4 is 0 Å². The van der Waals surface area contributed by atoms with E-state index in [1.165, 1.54) is 0 Å². The van der Waals surface area contributed by atoms with Gasteiger partial charge in [0, 0.05) is 24.8 Å². The molecule has 0 bridgehead atoms. The molecule has 0 aliphatic heterocycles. The summed E-state index contributed by atoms with van der Waals surface area (Å²) in [4.78, 5) is 22.4. The first-order valence-corrected chi connectivity index (χ1v) is 5.44. The predicted octanol–water partition coefficient (Wildman–Crippen LogP) is 2.15. The lowest BCUT2D eigenvalue weighted by atomic mass is 10.1. The molecule has 0 radical (unpaired) electrons. The minimum atomic E-state index is -0.257. The van der Waals surface area contributed by atoms with Gasteiger partial charge >= 0.3 is 0 Å². The Morgan fingerprint density at radius 1 is 1.40 bits per heavy atom. The molecule has 15 heavy (non-hydrogen) atoms. The van der Waals surface area contributed by atoms with Crippen LogP contribution in [0.3, 0.4) is 0 Å². The average molecular weight is 208 g/mol. The molecule has 1 fully saturated rings. The van der Waals surface area contributed by atoms with Gasteiger partial charge in [-0.25, -0.2) is 0 Å². The Kier molecular flexibility index (Phi) is 2.41. The summed E-state index contributed by atoms with van der Waals surface area (Å²) in [6, 6.07) is 0. The zero-order valence-electron chi connectivity index (χ0n) is 9.26. The third kappa shape index (κ3) is 2.11. The Labute approximate surface area is 89.5 Å². The van der Waals surface area contributed by atoms with Crippen molar-refractivity contribution in [3.05, 3.63) is 11.3 Å². The summed E-state index contributed by atoms with van der Waals surface area (Å²) < 4.78 is 5.84. The Hall–Kier alpha value is -1.12. The number of ketones is 2. The molecule has 0 N–H and O–H groups in total. The lowest BCUT2D eigenvalue weighted by molar-refractivity contribution is -0.119. The molecule has 0 aromatic rings. The molecular formula is C12H16O3. The molecule has 82 valence electrons. The van der Waals surface area contributed by atoms with Crippen LogP contribution in [0.15, 0.2) is 11.3 Å². The molecule has 0 heterocycles. The molecule has 3 nitrogen and oxygen atoms in total. The molecule has 2 aliphatic rings. The van der Waals surface area contributed by atoms with E-state index in [0.717, 1.165) is 24.2 Å². The highest BCUT2D eigenvalue weighted by molar-refractivity contribution is 5.97. The Morgan fingerprint density at radius 3 is 2.47 bits per heavy atom. The van der Waals surface area contributed by atoms with Crippen LogP contribution >= 0.6 is 0 Å². The molecule has 3 heteroatoms. The topological polar surface area (TPSA) is 43.4 Å². The second-order valence-electron chi connectivity index (χ2n) is 4.64. The smallest absolute Gasteiger partial charge is 0.162 e. The van der Waals surface area contributed by atoms with Crippen LogP contribution in [0.25, 0.3) is 0 Å². The fourth-order valence-electron chi connectivity index (χ4n) is 2.05. The molecule has 0 aromatic heterocycles. The van der Waals surface area contributed by atoms with Gasteiger partial charge in [0.25, 0.3) is 0 Å². The number of hydrogen-bond donors (Lipinski definition) is 0. The maximum atomic E-state index is 11.3. The molecule has 0 atom stereocenters. The lowest BCUT2D eigenvalue weighted by Crippen LogP contribution is -2.17. The van der Waals surface area contributed by atoms with E-state index in [1.54, 1.807) is 6.92 Å². The van der Waals surface area contributed by atoms with Crippen molar-refractivity contribution in [1.82, 2.24) is 0 Å². The standard InChI is InChI=1S/C12H16O3/c1-8(13)7-12(5-6-12)15-11-4-3-10(14)9(11)2/h3-7H2,1-2H3. The molecule has 0 saturated heterocycles. The number of carbonyl (C=O) groups excluding carboxylic acids is 2. The number of allylic oxidation sites excluding steroid dienone is 2. The number of carbonyl (C=O) groups is 2. The summed E-state index contributed by atoms with van der Waals surface area (Å²) in [5.74, 6) is 1.16. The third-order valence-electron chi connectivity index (χ3n) is 3.13. The number of Topliss-reactive ketones (excluding diaryl/α,β-unsaturated/α-hetero) is 2. The van der Waals surface area contributed by atoms with Crippen molar-refractivity contribution < 1.29 is 14.3 Å². The van der Waals surface area contributed by atoms with E-state index in [9.17, 15) is 9.59 Å². The maximum Gasteiger partial charge on any atom is 0.162 e. The van der Waals surface area contributed by atoms with Crippen molar-refractivity contribution in [2.45, 2.75) is 51.6 Å². The summed E-state index contributed by atoms with van der Waals surface area (Å²) in [7, 11) is 0. The van der Waals surface area contributed by atoms with Crippen LogP contribution in [0.1, 0.15) is 46.0 Å². The molecule has 0 amide bonds. The zero-order valence-corrected chi connectivity index (χ0v) is 9.26. The van der Waals surface area contributed by atoms with E-state index in [4.69, 9.17) is 4.74 Å². The normalized spacial score (nSPS) is 23.2. The third-order valence-corrected chi connectivity index (χ3v) is 3.13. The van der Waals surface area contributed by atoms with Gasteiger partial charge < -0.3 is 4.74 Å². The van der Waals surface area contributed by atoms with Gasteiger partial charge in [-0.1, -0.05) is 0 Å². The lowest BCUT2D eigenvalue weighted by Gasteiger charge is -2.18. The monoisotopic (exact) mass is 208 g/mol. The minimum Gasteiger partial charge on any atom is -0.491 e. The highest BCUT2D eigenvalue weighted by Crippen LogP contribution is 2.46. The van der Waals surface area contributed by atoms with Crippen LogP contribution in [0.4, 0.5) is 0 Å². The van der Waals surface area contributed by atoms with Crippen LogP contribution in [0, 0.1) is 0 Å². The highest BCUT2D eigenvalue weighted by atomic mass is 16.5. The predicted molar refractivity (Wildman–Crippen MR) is 55.3 cm³/mol. The minimum absolute atomic E-state index is 0.162. The Morgan fingerprint density at radius 2 is 2.07 bits per heavy atom. The second kappa shape index (κ2) is 3.47. The van der Waals surface area contributed by atoms with E-state index in [0.29, 0.717) is 19.3 Å². The molecule has 1 saturated carbocycles. The van der Waals surface area contributed by atoms with Gasteiger partial charge in [-0.3, -0.25) is 9.59 Å². The van der Waals surface area contributed by atoms with Gasteiger partial charge in [-0.05, 0) is 26.7 Å². The first kappa shape index (κ1) is 10.4. The van der Waals surface area contributed by atoms with E-state index >= 15 is 0 Å². The maximum absolute atomic E-state index is 11.3. The van der Waals surface area contributed by atoms with Crippen molar-refractivity contribution in [3.63, 3.8) is 0 Å². The van der Waals surface area contributed by atoms with E-state index in [2.05, 4.69) is 0 Å². The van der Waals surface area contributed by atoms with Gasteiger partial charge in [0.2, 0.25) is 0 Å². The van der Waals surface area contributed by atoms with Crippen LogP contribution in [-0.2, 0) is 14.3 Å². The molecule has 2 aliphatic carbocycles. The molecular weight excluding hydrogens is 192 g/mol. The summed E-state index contributed by atoms with van der Waals surface area (Å²) in [5, 5.41) is 0. The van der Waals surface area contributed by atoms with Gasteiger partial charge in [0.05, 0.1) is 0 Å². The summed E-state index contributed by atoms with van der Waals surface area (Å²) >= 11 is 0. The van der Waals surface area contributed by atoms with Crippen molar-refractivity contribution >= 4 is 11.6 Å². The second-order valence-corrected chi connectivity index (χ2v) is 4.64. The number of ether oxygens (including phenoxy) is 1. The summed E-state index contributed by atoms with van der Waals surface area (Å²) in [5.41, 5.74) is 0.498. The summed E-state index contributed by atoms with van der Waals surface area (Å²) in [6.07, 6.45) is 3.65. The SMILES string of the molecule is CC(=O)CC1(OC2=C(C)C(=O)CC2)CC1. The summed E-state index contributed by atoms with van der Waals surface area (Å²) in [6.45, 7) is 3.40. The van der Waals surface area contributed by atoms with Crippen molar-refractivity contribution in [2.75, 3.05) is 0 Å². The number of rotatable bonds is 4. The van der Waals surface area contributed by atoms with Crippen LogP contribution in [0.2, 0.25) is 0 Å². The zero-order chi connectivity index (χ0) is 11.1. The van der Waals surface area contributed by atoms with Crippen molar-refractivity contribution in [2.24, 2.45) is 0 Å².